The van der Waals surface area contributed by atoms with Crippen molar-refractivity contribution in [2.45, 2.75) is 33.4 Å². The molecule has 1 atom stereocenters. The summed E-state index contributed by atoms with van der Waals surface area (Å²) in [5.41, 5.74) is 2.12. The Morgan fingerprint density at radius 2 is 1.48 bits per heavy atom. The Hall–Kier alpha value is -3.15. The van der Waals surface area contributed by atoms with Crippen LogP contribution in [0.4, 0.5) is 5.69 Å². The van der Waals surface area contributed by atoms with Gasteiger partial charge in [0.2, 0.25) is 11.8 Å². The average Bonchev–Trinajstić information content (AvgIpc) is 2.67. The summed E-state index contributed by atoms with van der Waals surface area (Å²) in [6.07, 6.45) is 0. The second-order valence-corrected chi connectivity index (χ2v) is 6.62. The monoisotopic (exact) mass is 367 g/mol. The first-order chi connectivity index (χ1) is 12.9. The summed E-state index contributed by atoms with van der Waals surface area (Å²) in [5.74, 6) is -0.685. The molecule has 0 radical (unpaired) electrons. The second kappa shape index (κ2) is 9.52. The van der Waals surface area contributed by atoms with Gasteiger partial charge in [-0.25, -0.2) is 0 Å². The maximum Gasteiger partial charge on any atom is 0.251 e. The van der Waals surface area contributed by atoms with Crippen LogP contribution in [-0.4, -0.2) is 23.8 Å². The molecule has 1 unspecified atom stereocenters. The molecule has 0 fully saturated rings. The lowest BCUT2D eigenvalue weighted by atomic mass is 10.1. The van der Waals surface area contributed by atoms with Crippen LogP contribution in [0.25, 0.3) is 0 Å². The van der Waals surface area contributed by atoms with E-state index in [4.69, 9.17) is 0 Å². The minimum absolute atomic E-state index is 0.0426. The van der Waals surface area contributed by atoms with Crippen LogP contribution in [0.5, 0.6) is 0 Å². The molecule has 0 aliphatic carbocycles. The van der Waals surface area contributed by atoms with Crippen LogP contribution >= 0.6 is 0 Å². The van der Waals surface area contributed by atoms with Gasteiger partial charge in [0.05, 0.1) is 0 Å². The molecule has 0 aromatic heterocycles. The van der Waals surface area contributed by atoms with Crippen molar-refractivity contribution in [3.63, 3.8) is 0 Å². The number of hydrogen-bond donors (Lipinski definition) is 3. The van der Waals surface area contributed by atoms with Crippen molar-refractivity contribution in [2.24, 2.45) is 5.92 Å². The van der Waals surface area contributed by atoms with E-state index in [1.807, 2.05) is 32.0 Å². The molecular formula is C21H25N3O3. The Labute approximate surface area is 159 Å². The Morgan fingerprint density at radius 3 is 2.07 bits per heavy atom. The predicted molar refractivity (Wildman–Crippen MR) is 105 cm³/mol. The zero-order valence-electron chi connectivity index (χ0n) is 15.8. The van der Waals surface area contributed by atoms with Crippen LogP contribution in [0.1, 0.15) is 36.7 Å². The third kappa shape index (κ3) is 6.26. The molecule has 0 saturated heterocycles. The molecule has 0 spiro atoms. The van der Waals surface area contributed by atoms with Gasteiger partial charge < -0.3 is 16.0 Å². The summed E-state index contributed by atoms with van der Waals surface area (Å²) < 4.78 is 0. The summed E-state index contributed by atoms with van der Waals surface area (Å²) in [6.45, 7) is 5.64. The highest BCUT2D eigenvalue weighted by Gasteiger charge is 2.16. The average molecular weight is 367 g/mol. The van der Waals surface area contributed by atoms with Gasteiger partial charge in [-0.3, -0.25) is 14.4 Å². The van der Waals surface area contributed by atoms with Crippen molar-refractivity contribution in [2.75, 3.05) is 5.32 Å². The number of nitrogens with one attached hydrogen (secondary N) is 3. The van der Waals surface area contributed by atoms with Crippen molar-refractivity contribution < 1.29 is 14.4 Å². The molecule has 2 aromatic carbocycles. The Bertz CT molecular complexity index is 786. The van der Waals surface area contributed by atoms with Crippen molar-refractivity contribution in [1.82, 2.24) is 10.6 Å². The minimum Gasteiger partial charge on any atom is -0.350 e. The number of anilines is 1. The van der Waals surface area contributed by atoms with Crippen LogP contribution in [0.2, 0.25) is 0 Å². The molecular weight excluding hydrogens is 342 g/mol. The van der Waals surface area contributed by atoms with Gasteiger partial charge in [0.1, 0.15) is 6.04 Å². The van der Waals surface area contributed by atoms with Crippen molar-refractivity contribution in [3.05, 3.63) is 65.7 Å². The van der Waals surface area contributed by atoms with Crippen LogP contribution in [-0.2, 0) is 16.1 Å². The molecule has 2 rings (SSSR count). The van der Waals surface area contributed by atoms with Gasteiger partial charge in [-0.2, -0.15) is 0 Å². The van der Waals surface area contributed by atoms with E-state index in [1.165, 1.54) is 0 Å². The highest BCUT2D eigenvalue weighted by molar-refractivity contribution is 5.97. The highest BCUT2D eigenvalue weighted by atomic mass is 16.2. The standard InChI is InChI=1S/C21H25N3O3/c1-14(2)19(25)24-18-11-9-16(10-12-18)13-22-20(26)15(3)23-21(27)17-7-5-4-6-8-17/h4-12,14-15H,13H2,1-3H3,(H,22,26)(H,23,27)(H,24,25). The largest absolute Gasteiger partial charge is 0.350 e. The maximum absolute atomic E-state index is 12.2. The van der Waals surface area contributed by atoms with Gasteiger partial charge in [-0.05, 0) is 36.8 Å². The zero-order chi connectivity index (χ0) is 19.8. The molecule has 0 heterocycles. The first kappa shape index (κ1) is 20.2. The Kier molecular flexibility index (Phi) is 7.11. The maximum atomic E-state index is 12.2. The number of rotatable bonds is 7. The van der Waals surface area contributed by atoms with Gasteiger partial charge >= 0.3 is 0 Å². The highest BCUT2D eigenvalue weighted by Crippen LogP contribution is 2.11. The zero-order valence-corrected chi connectivity index (χ0v) is 15.8. The van der Waals surface area contributed by atoms with Gasteiger partial charge in [0, 0.05) is 23.7 Å². The fourth-order valence-electron chi connectivity index (χ4n) is 2.27. The molecule has 3 amide bonds. The topological polar surface area (TPSA) is 87.3 Å². The summed E-state index contributed by atoms with van der Waals surface area (Å²) in [5, 5.41) is 8.28. The molecule has 0 aliphatic heterocycles. The molecule has 27 heavy (non-hydrogen) atoms. The van der Waals surface area contributed by atoms with E-state index in [9.17, 15) is 14.4 Å². The van der Waals surface area contributed by atoms with Gasteiger partial charge in [-0.1, -0.05) is 44.2 Å². The van der Waals surface area contributed by atoms with E-state index >= 15 is 0 Å². The summed E-state index contributed by atoms with van der Waals surface area (Å²) in [4.78, 5) is 35.9. The number of carbonyl (C=O) groups excluding carboxylic acids is 3. The Morgan fingerprint density at radius 1 is 0.852 bits per heavy atom. The second-order valence-electron chi connectivity index (χ2n) is 6.62. The molecule has 142 valence electrons. The van der Waals surface area contributed by atoms with Crippen LogP contribution in [0.15, 0.2) is 54.6 Å². The smallest absolute Gasteiger partial charge is 0.251 e. The molecule has 2 aromatic rings. The summed E-state index contributed by atoms with van der Waals surface area (Å²) >= 11 is 0. The van der Waals surface area contributed by atoms with E-state index in [2.05, 4.69) is 16.0 Å². The lowest BCUT2D eigenvalue weighted by Gasteiger charge is -2.14. The molecule has 0 bridgehead atoms. The van der Waals surface area contributed by atoms with E-state index in [-0.39, 0.29) is 23.6 Å². The van der Waals surface area contributed by atoms with E-state index in [1.54, 1.807) is 43.3 Å². The fraction of sp³-hybridized carbons (Fsp3) is 0.286. The first-order valence-corrected chi connectivity index (χ1v) is 8.90. The lowest BCUT2D eigenvalue weighted by Crippen LogP contribution is -2.44. The van der Waals surface area contributed by atoms with E-state index in [0.717, 1.165) is 5.56 Å². The van der Waals surface area contributed by atoms with Gasteiger partial charge in [-0.15, -0.1) is 0 Å². The predicted octanol–water partition coefficient (Wildman–Crippen LogP) is 2.72. The minimum atomic E-state index is -0.651. The first-order valence-electron chi connectivity index (χ1n) is 8.90. The van der Waals surface area contributed by atoms with Crippen molar-refractivity contribution >= 4 is 23.4 Å². The molecule has 0 aliphatic rings. The number of carbonyl (C=O) groups is 3. The molecule has 3 N–H and O–H groups in total. The molecule has 6 heteroatoms. The van der Waals surface area contributed by atoms with Crippen molar-refractivity contribution in [3.8, 4) is 0 Å². The molecule has 6 nitrogen and oxygen atoms in total. The SMILES string of the molecule is CC(C)C(=O)Nc1ccc(CNC(=O)C(C)NC(=O)c2ccccc2)cc1. The van der Waals surface area contributed by atoms with Crippen LogP contribution in [0, 0.1) is 5.92 Å². The third-order valence-corrected chi connectivity index (χ3v) is 3.99. The lowest BCUT2D eigenvalue weighted by molar-refractivity contribution is -0.122. The quantitative estimate of drug-likeness (QED) is 0.703. The third-order valence-electron chi connectivity index (χ3n) is 3.99. The van der Waals surface area contributed by atoms with Crippen LogP contribution < -0.4 is 16.0 Å². The fourth-order valence-corrected chi connectivity index (χ4v) is 2.27. The summed E-state index contributed by atoms with van der Waals surface area (Å²) in [7, 11) is 0. The normalized spacial score (nSPS) is 11.6. The molecule has 0 saturated carbocycles. The van der Waals surface area contributed by atoms with E-state index in [0.29, 0.717) is 17.8 Å². The Balaban J connectivity index is 1.82. The number of benzene rings is 2. The number of amides is 3. The summed E-state index contributed by atoms with van der Waals surface area (Å²) in [6, 6.07) is 15.4. The number of hydrogen-bond acceptors (Lipinski definition) is 3. The van der Waals surface area contributed by atoms with Gasteiger partial charge in [0.15, 0.2) is 0 Å². The van der Waals surface area contributed by atoms with Crippen LogP contribution in [0.3, 0.4) is 0 Å². The van der Waals surface area contributed by atoms with Crippen molar-refractivity contribution in [1.29, 1.82) is 0 Å². The van der Waals surface area contributed by atoms with E-state index < -0.39 is 6.04 Å². The van der Waals surface area contributed by atoms with Gasteiger partial charge in [0.25, 0.3) is 5.91 Å².